The number of rotatable bonds is 7. The van der Waals surface area contributed by atoms with Gasteiger partial charge in [-0.15, -0.1) is 10.2 Å². The topological polar surface area (TPSA) is 72.7 Å². The minimum absolute atomic E-state index is 0.0785. The molecule has 1 aliphatic carbocycles. The number of benzene rings is 2. The van der Waals surface area contributed by atoms with E-state index >= 15 is 0 Å². The summed E-state index contributed by atoms with van der Waals surface area (Å²) in [6, 6.07) is 20.7. The fourth-order valence-corrected chi connectivity index (χ4v) is 5.63. The average Bonchev–Trinajstić information content (AvgIpc) is 3.14. The summed E-state index contributed by atoms with van der Waals surface area (Å²) in [5.74, 6) is 1.23. The number of nitrogens with one attached hydrogen (secondary N) is 1. The van der Waals surface area contributed by atoms with Gasteiger partial charge in [0.1, 0.15) is 0 Å². The molecule has 5 rings (SSSR count). The predicted octanol–water partition coefficient (Wildman–Crippen LogP) is 6.11. The number of nitrogens with zero attached hydrogens (tertiary/aromatic N) is 4. The van der Waals surface area contributed by atoms with Crippen LogP contribution < -0.4 is 5.32 Å². The van der Waals surface area contributed by atoms with E-state index in [0.29, 0.717) is 18.3 Å². The van der Waals surface area contributed by atoms with Gasteiger partial charge in [0.15, 0.2) is 11.0 Å². The predicted molar refractivity (Wildman–Crippen MR) is 142 cm³/mol. The van der Waals surface area contributed by atoms with Crippen LogP contribution in [0.3, 0.4) is 0 Å². The van der Waals surface area contributed by atoms with Crippen LogP contribution in [0.5, 0.6) is 0 Å². The van der Waals surface area contributed by atoms with E-state index in [1.54, 1.807) is 0 Å². The second kappa shape index (κ2) is 11.0. The van der Waals surface area contributed by atoms with E-state index in [1.807, 2.05) is 36.4 Å². The van der Waals surface area contributed by atoms with Crippen molar-refractivity contribution in [2.45, 2.75) is 63.2 Å². The monoisotopic (exact) mass is 485 g/mol. The Kier molecular flexibility index (Phi) is 7.42. The highest BCUT2D eigenvalue weighted by Gasteiger charge is 2.19. The zero-order valence-electron chi connectivity index (χ0n) is 20.1. The maximum absolute atomic E-state index is 12.7. The van der Waals surface area contributed by atoms with Gasteiger partial charge in [-0.05, 0) is 31.9 Å². The number of amides is 1. The molecule has 1 saturated carbocycles. The second-order valence-corrected chi connectivity index (χ2v) is 9.98. The summed E-state index contributed by atoms with van der Waals surface area (Å²) >= 11 is 1.46. The van der Waals surface area contributed by atoms with E-state index in [2.05, 4.69) is 51.3 Å². The smallest absolute Gasteiger partial charge is 0.230 e. The van der Waals surface area contributed by atoms with Crippen LogP contribution >= 0.6 is 11.8 Å². The number of thioether (sulfide) groups is 1. The Hall–Kier alpha value is -3.19. The maximum atomic E-state index is 12.7. The van der Waals surface area contributed by atoms with Gasteiger partial charge in [0, 0.05) is 29.1 Å². The summed E-state index contributed by atoms with van der Waals surface area (Å²) in [6.45, 7) is 2.80. The van der Waals surface area contributed by atoms with Crippen molar-refractivity contribution < 1.29 is 4.79 Å². The molecule has 1 fully saturated rings. The fraction of sp³-hybridized carbons (Fsp3) is 0.357. The highest BCUT2D eigenvalue weighted by atomic mass is 32.2. The molecule has 35 heavy (non-hydrogen) atoms. The zero-order valence-corrected chi connectivity index (χ0v) is 20.9. The summed E-state index contributed by atoms with van der Waals surface area (Å²) in [6.07, 6.45) is 7.14. The fourth-order valence-electron chi connectivity index (χ4n) is 4.82. The van der Waals surface area contributed by atoms with Crippen molar-refractivity contribution in [2.24, 2.45) is 0 Å². The van der Waals surface area contributed by atoms with Crippen LogP contribution in [0.25, 0.3) is 33.5 Å². The van der Waals surface area contributed by atoms with Crippen LogP contribution in [0.15, 0.2) is 65.8 Å². The van der Waals surface area contributed by atoms with Crippen molar-refractivity contribution in [2.75, 3.05) is 5.75 Å². The molecule has 1 N–H and O–H groups in total. The lowest BCUT2D eigenvalue weighted by Gasteiger charge is -2.16. The van der Waals surface area contributed by atoms with Gasteiger partial charge in [-0.3, -0.25) is 4.79 Å². The Balaban J connectivity index is 1.41. The quantitative estimate of drug-likeness (QED) is 0.252. The van der Waals surface area contributed by atoms with Crippen LogP contribution in [0.4, 0.5) is 0 Å². The number of carbonyl (C=O) groups excluding carboxylic acids is 1. The molecule has 180 valence electrons. The summed E-state index contributed by atoms with van der Waals surface area (Å²) in [7, 11) is 0. The van der Waals surface area contributed by atoms with E-state index in [-0.39, 0.29) is 5.91 Å². The second-order valence-electron chi connectivity index (χ2n) is 9.03. The molecule has 2 heterocycles. The highest BCUT2D eigenvalue weighted by molar-refractivity contribution is 7.99. The minimum atomic E-state index is 0.0785. The third-order valence-corrected chi connectivity index (χ3v) is 7.58. The molecule has 0 unspecified atom stereocenters. The maximum Gasteiger partial charge on any atom is 0.230 e. The Morgan fingerprint density at radius 3 is 2.51 bits per heavy atom. The number of carbonyl (C=O) groups is 1. The van der Waals surface area contributed by atoms with Crippen molar-refractivity contribution in [1.29, 1.82) is 0 Å². The van der Waals surface area contributed by atoms with Crippen LogP contribution in [0.2, 0.25) is 0 Å². The lowest BCUT2D eigenvalue weighted by atomic mass is 10.0. The van der Waals surface area contributed by atoms with Crippen LogP contribution in [-0.4, -0.2) is 37.5 Å². The Labute approximate surface area is 210 Å². The minimum Gasteiger partial charge on any atom is -0.353 e. The third-order valence-electron chi connectivity index (χ3n) is 6.61. The number of hydrogen-bond donors (Lipinski definition) is 1. The molecule has 2 aromatic carbocycles. The SMILES string of the molecule is CCn1c(SCC(=O)NC2CCCCCC2)nnc1-c1cc(-c2ccccc2)nc2ccccc12. The van der Waals surface area contributed by atoms with E-state index in [1.165, 1.54) is 37.4 Å². The van der Waals surface area contributed by atoms with Gasteiger partial charge in [0.05, 0.1) is 17.0 Å². The van der Waals surface area contributed by atoms with Crippen molar-refractivity contribution in [3.05, 3.63) is 60.7 Å². The van der Waals surface area contributed by atoms with Gasteiger partial charge < -0.3 is 9.88 Å². The lowest BCUT2D eigenvalue weighted by Crippen LogP contribution is -2.35. The van der Waals surface area contributed by atoms with Crippen LogP contribution in [0, 0.1) is 0 Å². The molecule has 0 atom stereocenters. The molecule has 7 heteroatoms. The van der Waals surface area contributed by atoms with Gasteiger partial charge in [0.25, 0.3) is 0 Å². The number of aromatic nitrogens is 4. The molecule has 4 aromatic rings. The van der Waals surface area contributed by atoms with E-state index in [9.17, 15) is 4.79 Å². The van der Waals surface area contributed by atoms with Gasteiger partial charge in [-0.25, -0.2) is 4.98 Å². The third kappa shape index (κ3) is 5.40. The van der Waals surface area contributed by atoms with Gasteiger partial charge in [-0.1, -0.05) is 86.0 Å². The van der Waals surface area contributed by atoms with Gasteiger partial charge >= 0.3 is 0 Å². The average molecular weight is 486 g/mol. The zero-order chi connectivity index (χ0) is 24.0. The van der Waals surface area contributed by atoms with E-state index < -0.39 is 0 Å². The molecule has 0 radical (unpaired) electrons. The molecular formula is C28H31N5OS. The molecule has 2 aromatic heterocycles. The molecule has 0 spiro atoms. The summed E-state index contributed by atoms with van der Waals surface area (Å²) in [4.78, 5) is 17.6. The number of pyridine rings is 1. The summed E-state index contributed by atoms with van der Waals surface area (Å²) in [5.41, 5.74) is 3.89. The number of hydrogen-bond acceptors (Lipinski definition) is 5. The van der Waals surface area contributed by atoms with Crippen molar-refractivity contribution in [3.8, 4) is 22.6 Å². The molecule has 0 bridgehead atoms. The normalized spacial score (nSPS) is 14.7. The molecule has 0 saturated heterocycles. The first-order valence-corrected chi connectivity index (χ1v) is 13.5. The van der Waals surface area contributed by atoms with Crippen LogP contribution in [-0.2, 0) is 11.3 Å². The largest absolute Gasteiger partial charge is 0.353 e. The first-order valence-electron chi connectivity index (χ1n) is 12.5. The molecule has 0 aliphatic heterocycles. The van der Waals surface area contributed by atoms with Crippen molar-refractivity contribution in [1.82, 2.24) is 25.1 Å². The van der Waals surface area contributed by atoms with E-state index in [0.717, 1.165) is 51.5 Å². The molecule has 6 nitrogen and oxygen atoms in total. The first-order chi connectivity index (χ1) is 17.2. The summed E-state index contributed by atoms with van der Waals surface area (Å²) in [5, 5.41) is 14.1. The van der Waals surface area contributed by atoms with Gasteiger partial charge in [0.2, 0.25) is 5.91 Å². The van der Waals surface area contributed by atoms with Gasteiger partial charge in [-0.2, -0.15) is 0 Å². The number of fused-ring (bicyclic) bond motifs is 1. The highest BCUT2D eigenvalue weighted by Crippen LogP contribution is 2.33. The Bertz CT molecular complexity index is 1300. The van der Waals surface area contributed by atoms with Crippen molar-refractivity contribution >= 4 is 28.6 Å². The molecular weight excluding hydrogens is 454 g/mol. The summed E-state index contributed by atoms with van der Waals surface area (Å²) < 4.78 is 2.10. The van der Waals surface area contributed by atoms with E-state index in [4.69, 9.17) is 4.98 Å². The standard InChI is InChI=1S/C28H31N5OS/c1-2-33-27(31-32-28(33)35-19-26(34)29-21-14-8-3-4-9-15-21)23-18-25(20-12-6-5-7-13-20)30-24-17-11-10-16-22(23)24/h5-7,10-13,16-18,21H,2-4,8-9,14-15,19H2,1H3,(H,29,34). The lowest BCUT2D eigenvalue weighted by molar-refractivity contribution is -0.119. The Morgan fingerprint density at radius 1 is 1.00 bits per heavy atom. The number of para-hydroxylation sites is 1. The molecule has 1 amide bonds. The molecule has 1 aliphatic rings. The Morgan fingerprint density at radius 2 is 1.74 bits per heavy atom. The van der Waals surface area contributed by atoms with Crippen LogP contribution in [0.1, 0.15) is 45.4 Å². The van der Waals surface area contributed by atoms with Crippen molar-refractivity contribution in [3.63, 3.8) is 0 Å². The first kappa shape index (κ1) is 23.5.